The molecule has 1 heterocycles. The molecular formula is C16H24BrClN2O. The second-order valence-electron chi connectivity index (χ2n) is 6.10. The Morgan fingerprint density at radius 3 is 2.57 bits per heavy atom. The fraction of sp³-hybridized carbons (Fsp3) is 0.562. The van der Waals surface area contributed by atoms with Crippen LogP contribution in [-0.4, -0.2) is 37.5 Å². The van der Waals surface area contributed by atoms with E-state index in [0.717, 1.165) is 36.1 Å². The summed E-state index contributed by atoms with van der Waals surface area (Å²) in [6, 6.07) is 8.06. The van der Waals surface area contributed by atoms with Crippen molar-refractivity contribution in [2.45, 2.75) is 25.7 Å². The van der Waals surface area contributed by atoms with Crippen LogP contribution in [0.4, 0.5) is 0 Å². The zero-order chi connectivity index (χ0) is 14.8. The van der Waals surface area contributed by atoms with Crippen molar-refractivity contribution in [1.82, 2.24) is 10.2 Å². The van der Waals surface area contributed by atoms with Gasteiger partial charge in [0.15, 0.2) is 0 Å². The van der Waals surface area contributed by atoms with Crippen LogP contribution in [0.25, 0.3) is 0 Å². The average molecular weight is 376 g/mol. The predicted molar refractivity (Wildman–Crippen MR) is 93.0 cm³/mol. The van der Waals surface area contributed by atoms with E-state index < -0.39 is 5.41 Å². The topological polar surface area (TPSA) is 32.3 Å². The summed E-state index contributed by atoms with van der Waals surface area (Å²) < 4.78 is 1.04. The van der Waals surface area contributed by atoms with E-state index in [1.54, 1.807) is 0 Å². The molecule has 1 unspecified atom stereocenters. The van der Waals surface area contributed by atoms with E-state index in [1.165, 1.54) is 0 Å². The summed E-state index contributed by atoms with van der Waals surface area (Å²) in [6.07, 6.45) is 1.10. The number of hydrogen-bond acceptors (Lipinski definition) is 2. The lowest BCUT2D eigenvalue weighted by atomic mass is 9.83. The Morgan fingerprint density at radius 2 is 2.00 bits per heavy atom. The molecule has 0 spiro atoms. The van der Waals surface area contributed by atoms with Crippen molar-refractivity contribution in [3.8, 4) is 0 Å². The third kappa shape index (κ3) is 4.21. The van der Waals surface area contributed by atoms with Gasteiger partial charge in [0.25, 0.3) is 0 Å². The van der Waals surface area contributed by atoms with E-state index in [0.29, 0.717) is 5.92 Å². The lowest BCUT2D eigenvalue weighted by Gasteiger charge is -2.30. The molecule has 1 aromatic carbocycles. The lowest BCUT2D eigenvalue weighted by molar-refractivity contribution is -0.135. The highest BCUT2D eigenvalue weighted by Crippen LogP contribution is 2.29. The molecule has 1 fully saturated rings. The molecule has 2 rings (SSSR count). The van der Waals surface area contributed by atoms with Gasteiger partial charge in [-0.3, -0.25) is 4.79 Å². The molecule has 0 bridgehead atoms. The highest BCUT2D eigenvalue weighted by molar-refractivity contribution is 9.10. The van der Waals surface area contributed by atoms with E-state index in [4.69, 9.17) is 0 Å². The lowest BCUT2D eigenvalue weighted by Crippen LogP contribution is -2.42. The summed E-state index contributed by atoms with van der Waals surface area (Å²) in [5.74, 6) is 0.822. The smallest absolute Gasteiger partial charge is 0.232 e. The number of amides is 1. The number of hydrogen-bond donors (Lipinski definition) is 1. The van der Waals surface area contributed by atoms with Gasteiger partial charge in [0.05, 0.1) is 5.41 Å². The van der Waals surface area contributed by atoms with Crippen LogP contribution in [0.1, 0.15) is 25.8 Å². The first-order valence-corrected chi connectivity index (χ1v) is 7.94. The van der Waals surface area contributed by atoms with Gasteiger partial charge in [-0.25, -0.2) is 0 Å². The molecule has 0 radical (unpaired) electrons. The quantitative estimate of drug-likeness (QED) is 0.876. The van der Waals surface area contributed by atoms with Crippen molar-refractivity contribution in [1.29, 1.82) is 0 Å². The van der Waals surface area contributed by atoms with Gasteiger partial charge in [-0.15, -0.1) is 12.4 Å². The summed E-state index contributed by atoms with van der Waals surface area (Å²) in [4.78, 5) is 14.8. The van der Waals surface area contributed by atoms with Crippen molar-refractivity contribution >= 4 is 34.2 Å². The second-order valence-corrected chi connectivity index (χ2v) is 7.01. The highest BCUT2D eigenvalue weighted by atomic mass is 79.9. The molecule has 1 aliphatic rings. The first kappa shape index (κ1) is 18.5. The van der Waals surface area contributed by atoms with Crippen LogP contribution < -0.4 is 5.32 Å². The Hall–Kier alpha value is -0.580. The van der Waals surface area contributed by atoms with Crippen LogP contribution in [0.2, 0.25) is 0 Å². The van der Waals surface area contributed by atoms with Gasteiger partial charge < -0.3 is 10.2 Å². The first-order valence-electron chi connectivity index (χ1n) is 7.15. The zero-order valence-corrected chi connectivity index (χ0v) is 15.3. The van der Waals surface area contributed by atoms with Crippen LogP contribution >= 0.6 is 28.3 Å². The van der Waals surface area contributed by atoms with E-state index in [-0.39, 0.29) is 18.3 Å². The molecule has 3 nitrogen and oxygen atoms in total. The van der Waals surface area contributed by atoms with Crippen molar-refractivity contribution < 1.29 is 4.79 Å². The maximum atomic E-state index is 12.8. The van der Waals surface area contributed by atoms with Gasteiger partial charge in [0, 0.05) is 17.6 Å². The van der Waals surface area contributed by atoms with Crippen LogP contribution in [0, 0.1) is 5.92 Å². The maximum absolute atomic E-state index is 12.8. The number of likely N-dealkylation sites (tertiary alicyclic amines) is 1. The standard InChI is InChI=1S/C16H23BrN2O.ClH/c1-16(2,13-4-6-14(17)7-5-13)15(20)19-9-8-12(11-19)10-18-3;/h4-7,12,18H,8-11H2,1-3H3;1H. The third-order valence-corrected chi connectivity index (χ3v) is 4.70. The second kappa shape index (κ2) is 7.61. The highest BCUT2D eigenvalue weighted by Gasteiger charge is 2.36. The van der Waals surface area contributed by atoms with Gasteiger partial charge in [0.1, 0.15) is 0 Å². The van der Waals surface area contributed by atoms with Crippen LogP contribution in [0.15, 0.2) is 28.7 Å². The number of carbonyl (C=O) groups is 1. The van der Waals surface area contributed by atoms with Crippen LogP contribution in [0.5, 0.6) is 0 Å². The molecule has 1 N–H and O–H groups in total. The predicted octanol–water partition coefficient (Wildman–Crippen LogP) is 3.22. The summed E-state index contributed by atoms with van der Waals surface area (Å²) in [5, 5.41) is 3.20. The van der Waals surface area contributed by atoms with Gasteiger partial charge in [0.2, 0.25) is 5.91 Å². The molecule has 118 valence electrons. The Kier molecular flexibility index (Phi) is 6.70. The van der Waals surface area contributed by atoms with E-state index in [2.05, 4.69) is 21.2 Å². The summed E-state index contributed by atoms with van der Waals surface area (Å²) in [5.41, 5.74) is 0.609. The first-order chi connectivity index (χ1) is 9.45. The minimum absolute atomic E-state index is 0. The van der Waals surface area contributed by atoms with Crippen molar-refractivity contribution in [3.05, 3.63) is 34.3 Å². The van der Waals surface area contributed by atoms with Gasteiger partial charge in [-0.2, -0.15) is 0 Å². The minimum atomic E-state index is -0.463. The Balaban J connectivity index is 0.00000220. The fourth-order valence-electron chi connectivity index (χ4n) is 2.86. The molecule has 5 heteroatoms. The Morgan fingerprint density at radius 1 is 1.38 bits per heavy atom. The molecule has 1 aromatic rings. The van der Waals surface area contributed by atoms with E-state index in [9.17, 15) is 4.79 Å². The normalized spacial score (nSPS) is 18.5. The molecule has 0 aliphatic carbocycles. The number of rotatable bonds is 4. The fourth-order valence-corrected chi connectivity index (χ4v) is 3.12. The third-order valence-electron chi connectivity index (χ3n) is 4.17. The zero-order valence-electron chi connectivity index (χ0n) is 12.9. The van der Waals surface area contributed by atoms with Gasteiger partial charge in [-0.1, -0.05) is 28.1 Å². The molecule has 0 aromatic heterocycles. The minimum Gasteiger partial charge on any atom is -0.342 e. The summed E-state index contributed by atoms with van der Waals surface area (Å²) in [7, 11) is 1.97. The van der Waals surface area contributed by atoms with Crippen molar-refractivity contribution in [3.63, 3.8) is 0 Å². The molecule has 21 heavy (non-hydrogen) atoms. The monoisotopic (exact) mass is 374 g/mol. The van der Waals surface area contributed by atoms with Crippen LogP contribution in [-0.2, 0) is 10.2 Å². The molecule has 1 saturated heterocycles. The van der Waals surface area contributed by atoms with Crippen LogP contribution in [0.3, 0.4) is 0 Å². The SMILES string of the molecule is CNCC1CCN(C(=O)C(C)(C)c2ccc(Br)cc2)C1.Cl. The molecular weight excluding hydrogens is 352 g/mol. The Labute approximate surface area is 142 Å². The number of nitrogens with one attached hydrogen (secondary N) is 1. The summed E-state index contributed by atoms with van der Waals surface area (Å²) in [6.45, 7) is 6.78. The molecule has 1 atom stereocenters. The number of carbonyl (C=O) groups excluding carboxylic acids is 1. The average Bonchev–Trinajstić information content (AvgIpc) is 2.87. The molecule has 1 amide bonds. The number of halogens is 2. The maximum Gasteiger partial charge on any atom is 0.232 e. The van der Waals surface area contributed by atoms with Gasteiger partial charge >= 0.3 is 0 Å². The molecule has 0 saturated carbocycles. The van der Waals surface area contributed by atoms with E-state index in [1.807, 2.05) is 50.1 Å². The van der Waals surface area contributed by atoms with Gasteiger partial charge in [-0.05, 0) is 57.5 Å². The Bertz CT molecular complexity index is 476. The van der Waals surface area contributed by atoms with Crippen molar-refractivity contribution in [2.24, 2.45) is 5.92 Å². The molecule has 1 aliphatic heterocycles. The van der Waals surface area contributed by atoms with E-state index >= 15 is 0 Å². The van der Waals surface area contributed by atoms with Crippen molar-refractivity contribution in [2.75, 3.05) is 26.7 Å². The number of nitrogens with zero attached hydrogens (tertiary/aromatic N) is 1. The summed E-state index contributed by atoms with van der Waals surface area (Å²) >= 11 is 3.44. The largest absolute Gasteiger partial charge is 0.342 e. The number of benzene rings is 1.